The Morgan fingerprint density at radius 2 is 2.08 bits per heavy atom. The molecule has 0 spiro atoms. The van der Waals surface area contributed by atoms with Crippen LogP contribution in [0, 0.1) is 0 Å². The van der Waals surface area contributed by atoms with E-state index in [0.29, 0.717) is 12.0 Å². The number of pyridine rings is 1. The normalized spacial score (nSPS) is 15.4. The molecule has 6 heteroatoms. The van der Waals surface area contributed by atoms with Crippen molar-refractivity contribution in [3.05, 3.63) is 64.1 Å². The molecule has 1 saturated heterocycles. The maximum absolute atomic E-state index is 12.2. The van der Waals surface area contributed by atoms with Gasteiger partial charge in [-0.3, -0.25) is 14.4 Å². The summed E-state index contributed by atoms with van der Waals surface area (Å²) in [5, 5.41) is 2.90. The molecule has 24 heavy (non-hydrogen) atoms. The first-order chi connectivity index (χ1) is 11.5. The van der Waals surface area contributed by atoms with Crippen molar-refractivity contribution in [1.29, 1.82) is 0 Å². The SMILES string of the molecule is CC(NC(=O)c1ccc(=O)[nH]c1)c1cccc(N2CCCC2=O)c1. The molecule has 1 atom stereocenters. The standard InChI is InChI=1S/C18H19N3O3/c1-12(20-18(24)14-7-8-16(22)19-11-14)13-4-2-5-15(10-13)21-9-3-6-17(21)23/h2,4-5,7-8,10-12H,3,6,9H2,1H3,(H,19,22)(H,20,24). The van der Waals surface area contributed by atoms with Crippen LogP contribution >= 0.6 is 0 Å². The number of hydrogen-bond acceptors (Lipinski definition) is 3. The van der Waals surface area contributed by atoms with E-state index in [2.05, 4.69) is 10.3 Å². The Kier molecular flexibility index (Phi) is 4.46. The third kappa shape index (κ3) is 3.37. The monoisotopic (exact) mass is 325 g/mol. The van der Waals surface area contributed by atoms with Crippen molar-refractivity contribution in [3.63, 3.8) is 0 Å². The highest BCUT2D eigenvalue weighted by Crippen LogP contribution is 2.24. The molecule has 1 aromatic carbocycles. The summed E-state index contributed by atoms with van der Waals surface area (Å²) in [5.41, 5.74) is 1.93. The van der Waals surface area contributed by atoms with Crippen LogP contribution in [0.15, 0.2) is 47.4 Å². The van der Waals surface area contributed by atoms with E-state index in [-0.39, 0.29) is 23.4 Å². The van der Waals surface area contributed by atoms with Gasteiger partial charge < -0.3 is 15.2 Å². The number of nitrogens with one attached hydrogen (secondary N) is 2. The van der Waals surface area contributed by atoms with Crippen LogP contribution in [-0.4, -0.2) is 23.3 Å². The zero-order chi connectivity index (χ0) is 17.1. The molecule has 0 saturated carbocycles. The summed E-state index contributed by atoms with van der Waals surface area (Å²) >= 11 is 0. The van der Waals surface area contributed by atoms with Crippen LogP contribution in [0.5, 0.6) is 0 Å². The van der Waals surface area contributed by atoms with Crippen molar-refractivity contribution in [2.24, 2.45) is 0 Å². The van der Waals surface area contributed by atoms with Gasteiger partial charge in [0.2, 0.25) is 11.5 Å². The van der Waals surface area contributed by atoms with Crippen LogP contribution in [0.4, 0.5) is 5.69 Å². The Balaban J connectivity index is 1.74. The van der Waals surface area contributed by atoms with E-state index in [1.165, 1.54) is 18.3 Å². The Labute approximate surface area is 139 Å². The van der Waals surface area contributed by atoms with Crippen molar-refractivity contribution < 1.29 is 9.59 Å². The summed E-state index contributed by atoms with van der Waals surface area (Å²) in [6.07, 6.45) is 2.86. The van der Waals surface area contributed by atoms with Crippen molar-refractivity contribution in [1.82, 2.24) is 10.3 Å². The number of carbonyl (C=O) groups is 2. The van der Waals surface area contributed by atoms with Gasteiger partial charge in [-0.05, 0) is 37.1 Å². The number of nitrogens with zero attached hydrogens (tertiary/aromatic N) is 1. The molecular formula is C18H19N3O3. The maximum Gasteiger partial charge on any atom is 0.253 e. The van der Waals surface area contributed by atoms with Crippen LogP contribution in [0.2, 0.25) is 0 Å². The Morgan fingerprint density at radius 1 is 1.25 bits per heavy atom. The zero-order valence-corrected chi connectivity index (χ0v) is 13.4. The lowest BCUT2D eigenvalue weighted by molar-refractivity contribution is -0.117. The molecule has 2 N–H and O–H groups in total. The highest BCUT2D eigenvalue weighted by atomic mass is 16.2. The fraction of sp³-hybridized carbons (Fsp3) is 0.278. The molecule has 2 amide bonds. The summed E-state index contributed by atoms with van der Waals surface area (Å²) in [4.78, 5) is 39.4. The summed E-state index contributed by atoms with van der Waals surface area (Å²) in [6, 6.07) is 10.2. The second kappa shape index (κ2) is 6.70. The predicted octanol–water partition coefficient (Wildman–Crippen LogP) is 1.99. The number of anilines is 1. The van der Waals surface area contributed by atoms with Gasteiger partial charge in [0, 0.05) is 30.9 Å². The van der Waals surface area contributed by atoms with Gasteiger partial charge in [0.1, 0.15) is 0 Å². The second-order valence-electron chi connectivity index (χ2n) is 5.88. The van der Waals surface area contributed by atoms with Crippen LogP contribution in [0.3, 0.4) is 0 Å². The first-order valence-electron chi connectivity index (χ1n) is 7.94. The maximum atomic E-state index is 12.2. The van der Waals surface area contributed by atoms with Gasteiger partial charge in [-0.15, -0.1) is 0 Å². The highest BCUT2D eigenvalue weighted by Gasteiger charge is 2.22. The average molecular weight is 325 g/mol. The molecule has 124 valence electrons. The van der Waals surface area contributed by atoms with Crippen LogP contribution in [0.1, 0.15) is 41.7 Å². The van der Waals surface area contributed by atoms with Gasteiger partial charge in [-0.1, -0.05) is 12.1 Å². The molecule has 2 aromatic rings. The number of hydrogen-bond donors (Lipinski definition) is 2. The van der Waals surface area contributed by atoms with Crippen LogP contribution in [-0.2, 0) is 4.79 Å². The molecule has 1 fully saturated rings. The van der Waals surface area contributed by atoms with Gasteiger partial charge >= 0.3 is 0 Å². The first kappa shape index (κ1) is 16.0. The Bertz CT molecular complexity index is 808. The number of carbonyl (C=O) groups excluding carboxylic acids is 2. The molecule has 0 aliphatic carbocycles. The summed E-state index contributed by atoms with van der Waals surface area (Å²) < 4.78 is 0. The van der Waals surface area contributed by atoms with Crippen molar-refractivity contribution >= 4 is 17.5 Å². The number of amides is 2. The number of aromatic nitrogens is 1. The Hall–Kier alpha value is -2.89. The lowest BCUT2D eigenvalue weighted by Crippen LogP contribution is -2.28. The molecule has 0 radical (unpaired) electrons. The quantitative estimate of drug-likeness (QED) is 0.902. The van der Waals surface area contributed by atoms with E-state index in [4.69, 9.17) is 0 Å². The first-order valence-corrected chi connectivity index (χ1v) is 7.94. The predicted molar refractivity (Wildman–Crippen MR) is 91.0 cm³/mol. The van der Waals surface area contributed by atoms with E-state index in [1.807, 2.05) is 31.2 Å². The molecule has 1 aromatic heterocycles. The largest absolute Gasteiger partial charge is 0.345 e. The molecular weight excluding hydrogens is 306 g/mol. The van der Waals surface area contributed by atoms with Gasteiger partial charge in [0.15, 0.2) is 0 Å². The third-order valence-corrected chi connectivity index (χ3v) is 4.15. The molecule has 2 heterocycles. The number of rotatable bonds is 4. The average Bonchev–Trinajstić information content (AvgIpc) is 3.01. The van der Waals surface area contributed by atoms with Gasteiger partial charge in [-0.2, -0.15) is 0 Å². The lowest BCUT2D eigenvalue weighted by Gasteiger charge is -2.19. The number of H-pyrrole nitrogens is 1. The minimum Gasteiger partial charge on any atom is -0.345 e. The fourth-order valence-corrected chi connectivity index (χ4v) is 2.80. The molecule has 6 nitrogen and oxygen atoms in total. The van der Waals surface area contributed by atoms with Crippen molar-refractivity contribution in [2.75, 3.05) is 11.4 Å². The lowest BCUT2D eigenvalue weighted by atomic mass is 10.1. The van der Waals surface area contributed by atoms with E-state index >= 15 is 0 Å². The van der Waals surface area contributed by atoms with Crippen molar-refractivity contribution in [2.45, 2.75) is 25.8 Å². The zero-order valence-electron chi connectivity index (χ0n) is 13.4. The number of benzene rings is 1. The minimum atomic E-state index is -0.263. The molecule has 0 bridgehead atoms. The number of aromatic amines is 1. The summed E-state index contributed by atoms with van der Waals surface area (Å²) in [6.45, 7) is 2.62. The summed E-state index contributed by atoms with van der Waals surface area (Å²) in [5.74, 6) is -0.126. The summed E-state index contributed by atoms with van der Waals surface area (Å²) in [7, 11) is 0. The topological polar surface area (TPSA) is 82.3 Å². The Morgan fingerprint density at radius 3 is 2.75 bits per heavy atom. The smallest absolute Gasteiger partial charge is 0.253 e. The van der Waals surface area contributed by atoms with E-state index in [0.717, 1.165) is 24.2 Å². The van der Waals surface area contributed by atoms with Crippen LogP contribution in [0.25, 0.3) is 0 Å². The van der Waals surface area contributed by atoms with Crippen molar-refractivity contribution in [3.8, 4) is 0 Å². The van der Waals surface area contributed by atoms with E-state index in [9.17, 15) is 14.4 Å². The van der Waals surface area contributed by atoms with Gasteiger partial charge in [-0.25, -0.2) is 0 Å². The van der Waals surface area contributed by atoms with Gasteiger partial charge in [0.25, 0.3) is 5.91 Å². The molecule has 1 aliphatic heterocycles. The van der Waals surface area contributed by atoms with E-state index < -0.39 is 0 Å². The molecule has 1 unspecified atom stereocenters. The second-order valence-corrected chi connectivity index (χ2v) is 5.88. The third-order valence-electron chi connectivity index (χ3n) is 4.15. The van der Waals surface area contributed by atoms with Gasteiger partial charge in [0.05, 0.1) is 11.6 Å². The van der Waals surface area contributed by atoms with E-state index in [1.54, 1.807) is 4.90 Å². The fourth-order valence-electron chi connectivity index (χ4n) is 2.80. The molecule has 3 rings (SSSR count). The highest BCUT2D eigenvalue weighted by molar-refractivity contribution is 5.95. The van der Waals surface area contributed by atoms with Crippen LogP contribution < -0.4 is 15.8 Å². The molecule has 1 aliphatic rings. The minimum absolute atomic E-state index is 0.136.